The Hall–Kier alpha value is -2.54. The van der Waals surface area contributed by atoms with E-state index in [0.717, 1.165) is 25.3 Å². The zero-order valence-electron chi connectivity index (χ0n) is 20.2. The molecule has 0 unspecified atom stereocenters. The molecule has 1 aliphatic rings. The van der Waals surface area contributed by atoms with Gasteiger partial charge in [0, 0.05) is 17.1 Å². The Morgan fingerprint density at radius 3 is 2.37 bits per heavy atom. The summed E-state index contributed by atoms with van der Waals surface area (Å²) in [7, 11) is -3.74. The van der Waals surface area contributed by atoms with Crippen molar-refractivity contribution in [2.75, 3.05) is 18.8 Å². The number of H-pyrrole nitrogens is 1. The number of nitrogens with one attached hydrogen (secondary N) is 1. The first kappa shape index (κ1) is 28.5. The van der Waals surface area contributed by atoms with Crippen molar-refractivity contribution in [2.24, 2.45) is 0 Å². The van der Waals surface area contributed by atoms with Gasteiger partial charge in [-0.1, -0.05) is 36.5 Å². The summed E-state index contributed by atoms with van der Waals surface area (Å²) >= 11 is 12.5. The highest BCUT2D eigenvalue weighted by Crippen LogP contribution is 2.36. The van der Waals surface area contributed by atoms with E-state index in [1.165, 1.54) is 25.1 Å². The number of nitrogens with zero attached hydrogens (tertiary/aromatic N) is 2. The van der Waals surface area contributed by atoms with Crippen molar-refractivity contribution < 1.29 is 26.3 Å². The quantitative estimate of drug-likeness (QED) is 0.425. The first-order valence-electron chi connectivity index (χ1n) is 11.8. The van der Waals surface area contributed by atoms with Crippen LogP contribution in [0.4, 0.5) is 13.2 Å². The number of halogens is 5. The molecule has 2 heterocycles. The number of sulfone groups is 1. The molecule has 1 aromatic heterocycles. The topological polar surface area (TPSA) is 101 Å². The number of alkyl halides is 3. The molecule has 0 spiro atoms. The molecule has 38 heavy (non-hydrogen) atoms. The van der Waals surface area contributed by atoms with Crippen molar-refractivity contribution in [3.8, 4) is 5.75 Å². The molecule has 8 nitrogen and oxygen atoms in total. The lowest BCUT2D eigenvalue weighted by molar-refractivity contribution is -0.274. The maximum Gasteiger partial charge on any atom is 0.573 e. The standard InChI is InChI=1S/C24H24Cl2F3N3O5S/c1-2-38(35,36)19-7-6-15(25)10-14(19)12-32-22(33)16-11-18(37-24(27,28)29)17(13-31-8-4-3-5-9-31)20(26)21(16)30-23(32)34/h6-7,10-11H,2-5,8-9,12-13H2,1H3,(H,30,34). The van der Waals surface area contributed by atoms with E-state index in [9.17, 15) is 31.2 Å². The van der Waals surface area contributed by atoms with Gasteiger partial charge in [0.05, 0.1) is 33.1 Å². The van der Waals surface area contributed by atoms with Gasteiger partial charge in [-0.2, -0.15) is 0 Å². The van der Waals surface area contributed by atoms with Gasteiger partial charge in [-0.05, 0) is 55.8 Å². The van der Waals surface area contributed by atoms with Crippen LogP contribution in [0, 0.1) is 0 Å². The van der Waals surface area contributed by atoms with Gasteiger partial charge in [-0.15, -0.1) is 13.2 Å². The zero-order valence-corrected chi connectivity index (χ0v) is 22.5. The van der Waals surface area contributed by atoms with Crippen LogP contribution < -0.4 is 16.0 Å². The van der Waals surface area contributed by atoms with Crippen molar-refractivity contribution in [2.45, 2.75) is 50.5 Å². The summed E-state index contributed by atoms with van der Waals surface area (Å²) in [5, 5.41) is -0.379. The van der Waals surface area contributed by atoms with Crippen molar-refractivity contribution >= 4 is 43.9 Å². The van der Waals surface area contributed by atoms with Crippen LogP contribution in [0.15, 0.2) is 38.8 Å². The number of benzene rings is 2. The molecule has 0 saturated carbocycles. The van der Waals surface area contributed by atoms with Gasteiger partial charge in [-0.3, -0.25) is 14.3 Å². The van der Waals surface area contributed by atoms with Crippen LogP contribution in [0.2, 0.25) is 10.0 Å². The van der Waals surface area contributed by atoms with Gasteiger partial charge >= 0.3 is 12.1 Å². The third kappa shape index (κ3) is 6.03. The monoisotopic (exact) mass is 593 g/mol. The van der Waals surface area contributed by atoms with Crippen molar-refractivity contribution in [1.29, 1.82) is 0 Å². The normalized spacial score (nSPS) is 15.2. The number of fused-ring (bicyclic) bond motifs is 1. The number of aromatic amines is 1. The Morgan fingerprint density at radius 2 is 1.74 bits per heavy atom. The summed E-state index contributed by atoms with van der Waals surface area (Å²) in [4.78, 5) is 30.7. The molecule has 1 aliphatic heterocycles. The van der Waals surface area contributed by atoms with E-state index >= 15 is 0 Å². The fourth-order valence-electron chi connectivity index (χ4n) is 4.52. The first-order valence-corrected chi connectivity index (χ1v) is 14.2. The van der Waals surface area contributed by atoms with Gasteiger partial charge in [0.2, 0.25) is 0 Å². The largest absolute Gasteiger partial charge is 0.573 e. The van der Waals surface area contributed by atoms with Crippen LogP contribution in [0.25, 0.3) is 10.9 Å². The van der Waals surface area contributed by atoms with E-state index in [2.05, 4.69) is 9.72 Å². The molecule has 0 aliphatic carbocycles. The maximum absolute atomic E-state index is 13.4. The van der Waals surface area contributed by atoms with E-state index in [1.807, 2.05) is 4.90 Å². The number of aromatic nitrogens is 2. The fourth-order valence-corrected chi connectivity index (χ4v) is 6.13. The first-order chi connectivity index (χ1) is 17.8. The molecule has 0 amide bonds. The van der Waals surface area contributed by atoms with Crippen LogP contribution in [0.5, 0.6) is 5.75 Å². The van der Waals surface area contributed by atoms with E-state index in [0.29, 0.717) is 17.7 Å². The number of piperidine rings is 1. The van der Waals surface area contributed by atoms with Crippen molar-refractivity contribution in [1.82, 2.24) is 14.5 Å². The predicted octanol–water partition coefficient (Wildman–Crippen LogP) is 4.72. The smallest absolute Gasteiger partial charge is 0.405 e. The average Bonchev–Trinajstić information content (AvgIpc) is 2.84. The molecule has 0 radical (unpaired) electrons. The summed E-state index contributed by atoms with van der Waals surface area (Å²) in [6, 6.07) is 4.86. The van der Waals surface area contributed by atoms with E-state index in [4.69, 9.17) is 23.2 Å². The summed E-state index contributed by atoms with van der Waals surface area (Å²) < 4.78 is 70.0. The SMILES string of the molecule is CCS(=O)(=O)c1ccc(Cl)cc1Cn1c(=O)[nH]c2c(Cl)c(CN3CCCCC3)c(OC(F)(F)F)cc2c1=O. The molecule has 4 rings (SSSR count). The Bertz CT molecular complexity index is 1600. The molecule has 1 saturated heterocycles. The van der Waals surface area contributed by atoms with Crippen LogP contribution >= 0.6 is 23.2 Å². The summed E-state index contributed by atoms with van der Waals surface area (Å²) in [6.45, 7) is 2.28. The predicted molar refractivity (Wildman–Crippen MR) is 138 cm³/mol. The van der Waals surface area contributed by atoms with Crippen molar-refractivity contribution in [3.05, 3.63) is 66.3 Å². The lowest BCUT2D eigenvalue weighted by Crippen LogP contribution is -2.36. The summed E-state index contributed by atoms with van der Waals surface area (Å²) in [5.74, 6) is -0.883. The van der Waals surface area contributed by atoms with Gasteiger partial charge in [0.15, 0.2) is 9.84 Å². The molecular weight excluding hydrogens is 570 g/mol. The number of ether oxygens (including phenoxy) is 1. The lowest BCUT2D eigenvalue weighted by Gasteiger charge is -2.28. The third-order valence-electron chi connectivity index (χ3n) is 6.40. The van der Waals surface area contributed by atoms with Gasteiger partial charge in [-0.25, -0.2) is 13.2 Å². The van der Waals surface area contributed by atoms with Gasteiger partial charge < -0.3 is 9.72 Å². The second-order valence-corrected chi connectivity index (χ2v) is 12.0. The highest BCUT2D eigenvalue weighted by Gasteiger charge is 2.34. The van der Waals surface area contributed by atoms with Crippen LogP contribution in [-0.2, 0) is 22.9 Å². The molecule has 14 heteroatoms. The number of rotatable bonds is 7. The van der Waals surface area contributed by atoms with Crippen molar-refractivity contribution in [3.63, 3.8) is 0 Å². The van der Waals surface area contributed by atoms with Crippen LogP contribution in [-0.4, -0.2) is 48.1 Å². The number of hydrogen-bond donors (Lipinski definition) is 1. The fraction of sp³-hybridized carbons (Fsp3) is 0.417. The van der Waals surface area contributed by atoms with E-state index in [-0.39, 0.29) is 49.3 Å². The number of hydrogen-bond acceptors (Lipinski definition) is 6. The van der Waals surface area contributed by atoms with Gasteiger partial charge in [0.25, 0.3) is 5.56 Å². The minimum absolute atomic E-state index is 0.00245. The molecule has 1 N–H and O–H groups in total. The third-order valence-corrected chi connectivity index (χ3v) is 8.88. The van der Waals surface area contributed by atoms with Crippen LogP contribution in [0.1, 0.15) is 37.3 Å². The summed E-state index contributed by atoms with van der Waals surface area (Å²) in [5.41, 5.74) is -1.95. The second kappa shape index (κ2) is 10.9. The minimum atomic E-state index is -5.06. The Kier molecular flexibility index (Phi) is 8.17. The number of likely N-dealkylation sites (tertiary alicyclic amines) is 1. The molecule has 206 valence electrons. The molecule has 1 fully saturated rings. The average molecular weight is 594 g/mol. The highest BCUT2D eigenvalue weighted by molar-refractivity contribution is 7.91. The molecule has 0 atom stereocenters. The summed E-state index contributed by atoms with van der Waals surface area (Å²) in [6.07, 6.45) is -2.30. The zero-order chi connectivity index (χ0) is 27.8. The maximum atomic E-state index is 13.4. The van der Waals surface area contributed by atoms with E-state index < -0.39 is 39.7 Å². The lowest BCUT2D eigenvalue weighted by atomic mass is 10.1. The second-order valence-electron chi connectivity index (χ2n) is 8.95. The minimum Gasteiger partial charge on any atom is -0.405 e. The van der Waals surface area contributed by atoms with E-state index in [1.54, 1.807) is 0 Å². The highest BCUT2D eigenvalue weighted by atomic mass is 35.5. The Morgan fingerprint density at radius 1 is 1.05 bits per heavy atom. The molecular formula is C24H24Cl2F3N3O5S. The Balaban J connectivity index is 1.89. The molecule has 0 bridgehead atoms. The van der Waals surface area contributed by atoms with Crippen LogP contribution in [0.3, 0.4) is 0 Å². The molecule has 2 aromatic carbocycles. The van der Waals surface area contributed by atoms with Gasteiger partial charge in [0.1, 0.15) is 5.75 Å². The Labute approximate surface area is 225 Å². The molecule has 3 aromatic rings.